The number of hydrogen-bond donors (Lipinski definition) is 5. The lowest BCUT2D eigenvalue weighted by Gasteiger charge is -2.18. The van der Waals surface area contributed by atoms with Crippen LogP contribution in [0.15, 0.2) is 0 Å². The monoisotopic (exact) mass is 330 g/mol. The number of carbonyl (C=O) groups is 3. The van der Waals surface area contributed by atoms with E-state index in [0.29, 0.717) is 38.3 Å². The Kier molecular flexibility index (Phi) is 10.8. The summed E-state index contributed by atoms with van der Waals surface area (Å²) in [5.74, 6) is -0.922. The minimum Gasteiger partial charge on any atom is -0.480 e. The van der Waals surface area contributed by atoms with Gasteiger partial charge >= 0.3 is 12.0 Å². The first-order chi connectivity index (χ1) is 10.8. The number of aliphatic carboxylic acids is 1. The van der Waals surface area contributed by atoms with Gasteiger partial charge in [-0.1, -0.05) is 13.8 Å². The Balaban J connectivity index is 4.22. The van der Waals surface area contributed by atoms with Crippen LogP contribution in [0.3, 0.4) is 0 Å². The molecular formula is C15H30N4O4. The van der Waals surface area contributed by atoms with Gasteiger partial charge in [0.15, 0.2) is 0 Å². The summed E-state index contributed by atoms with van der Waals surface area (Å²) < 4.78 is 0. The Bertz CT molecular complexity index is 388. The number of carbonyl (C=O) groups excluding carboxylic acids is 2. The van der Waals surface area contributed by atoms with Gasteiger partial charge in [0.1, 0.15) is 12.1 Å². The number of nitrogens with two attached hydrogens (primary N) is 1. The maximum atomic E-state index is 11.8. The minimum atomic E-state index is -1.11. The van der Waals surface area contributed by atoms with Crippen molar-refractivity contribution >= 4 is 17.9 Å². The van der Waals surface area contributed by atoms with E-state index in [2.05, 4.69) is 29.8 Å². The molecule has 0 rings (SSSR count). The first-order valence-electron chi connectivity index (χ1n) is 8.05. The average Bonchev–Trinajstić information content (AvgIpc) is 2.45. The first-order valence-corrected chi connectivity index (χ1v) is 8.05. The molecule has 134 valence electrons. The largest absolute Gasteiger partial charge is 0.480 e. The molecule has 0 radical (unpaired) electrons. The first kappa shape index (κ1) is 21.2. The Labute approximate surface area is 137 Å². The van der Waals surface area contributed by atoms with Gasteiger partial charge in [-0.05, 0) is 45.1 Å². The van der Waals surface area contributed by atoms with E-state index in [9.17, 15) is 14.4 Å². The van der Waals surface area contributed by atoms with E-state index in [4.69, 9.17) is 10.8 Å². The molecule has 0 fully saturated rings. The molecule has 0 spiro atoms. The molecule has 0 aromatic carbocycles. The predicted molar refractivity (Wildman–Crippen MR) is 87.9 cm³/mol. The van der Waals surface area contributed by atoms with Crippen LogP contribution in [-0.4, -0.2) is 48.2 Å². The molecule has 1 unspecified atom stereocenters. The molecular weight excluding hydrogens is 300 g/mol. The predicted octanol–water partition coefficient (Wildman–Crippen LogP) is 0.419. The fourth-order valence-electron chi connectivity index (χ4n) is 1.85. The van der Waals surface area contributed by atoms with Crippen LogP contribution >= 0.6 is 0 Å². The Hall–Kier alpha value is -1.83. The lowest BCUT2D eigenvalue weighted by Crippen LogP contribution is -2.52. The highest BCUT2D eigenvalue weighted by molar-refractivity contribution is 5.88. The molecule has 0 aromatic heterocycles. The van der Waals surface area contributed by atoms with Gasteiger partial charge in [0.25, 0.3) is 0 Å². The summed E-state index contributed by atoms with van der Waals surface area (Å²) in [7, 11) is 0. The van der Waals surface area contributed by atoms with Crippen molar-refractivity contribution < 1.29 is 19.5 Å². The van der Waals surface area contributed by atoms with Crippen LogP contribution in [0.5, 0.6) is 0 Å². The van der Waals surface area contributed by atoms with E-state index >= 15 is 0 Å². The third kappa shape index (κ3) is 10.5. The van der Waals surface area contributed by atoms with Crippen molar-refractivity contribution in [1.82, 2.24) is 16.0 Å². The zero-order chi connectivity index (χ0) is 17.8. The van der Waals surface area contributed by atoms with Gasteiger partial charge in [0.05, 0.1) is 0 Å². The third-order valence-corrected chi connectivity index (χ3v) is 3.31. The highest BCUT2D eigenvalue weighted by Gasteiger charge is 2.21. The van der Waals surface area contributed by atoms with Crippen molar-refractivity contribution in [2.75, 3.05) is 13.1 Å². The molecule has 0 heterocycles. The highest BCUT2D eigenvalue weighted by atomic mass is 16.4. The standard InChI is InChI=1S/C15H30N4O4/c1-10(2)7-9-17-13(20)11(3)18-15(23)19-12(14(21)22)6-4-5-8-16/h10-12H,4-9,16H2,1-3H3,(H,17,20)(H,21,22)(H2,18,19,23)/t11-,12?/m1/s1. The van der Waals surface area contributed by atoms with E-state index in [1.807, 2.05) is 0 Å². The number of carboxylic acids is 1. The number of urea groups is 1. The zero-order valence-corrected chi connectivity index (χ0v) is 14.2. The van der Waals surface area contributed by atoms with E-state index in [1.54, 1.807) is 6.92 Å². The number of nitrogens with one attached hydrogen (secondary N) is 3. The Morgan fingerprint density at radius 3 is 2.22 bits per heavy atom. The van der Waals surface area contributed by atoms with Crippen LogP contribution in [0.25, 0.3) is 0 Å². The molecule has 0 aliphatic rings. The van der Waals surface area contributed by atoms with Gasteiger partial charge in [0.2, 0.25) is 5.91 Å². The van der Waals surface area contributed by atoms with Gasteiger partial charge in [-0.2, -0.15) is 0 Å². The van der Waals surface area contributed by atoms with Crippen molar-refractivity contribution in [3.8, 4) is 0 Å². The van der Waals surface area contributed by atoms with Gasteiger partial charge < -0.3 is 26.8 Å². The molecule has 8 nitrogen and oxygen atoms in total. The summed E-state index contributed by atoms with van der Waals surface area (Å²) in [5, 5.41) is 16.6. The Morgan fingerprint density at radius 1 is 1.04 bits per heavy atom. The van der Waals surface area contributed by atoms with E-state index in [-0.39, 0.29) is 5.91 Å². The number of hydrogen-bond acceptors (Lipinski definition) is 4. The van der Waals surface area contributed by atoms with Gasteiger partial charge in [-0.25, -0.2) is 9.59 Å². The quantitative estimate of drug-likeness (QED) is 0.350. The van der Waals surface area contributed by atoms with Gasteiger partial charge in [-0.3, -0.25) is 4.79 Å². The molecule has 0 saturated carbocycles. The summed E-state index contributed by atoms with van der Waals surface area (Å²) in [6.07, 6.45) is 2.46. The summed E-state index contributed by atoms with van der Waals surface area (Å²) in [5.41, 5.74) is 5.36. The van der Waals surface area contributed by atoms with Crippen molar-refractivity contribution in [3.05, 3.63) is 0 Å². The van der Waals surface area contributed by atoms with Crippen LogP contribution in [0.1, 0.15) is 46.5 Å². The molecule has 8 heteroatoms. The van der Waals surface area contributed by atoms with Crippen molar-refractivity contribution in [2.45, 2.75) is 58.5 Å². The molecule has 0 aromatic rings. The van der Waals surface area contributed by atoms with E-state index in [1.165, 1.54) is 0 Å². The van der Waals surface area contributed by atoms with Crippen LogP contribution in [0.2, 0.25) is 0 Å². The minimum absolute atomic E-state index is 0.296. The second kappa shape index (κ2) is 11.7. The maximum Gasteiger partial charge on any atom is 0.326 e. The molecule has 0 aliphatic heterocycles. The summed E-state index contributed by atoms with van der Waals surface area (Å²) in [6.45, 7) is 6.68. The number of rotatable bonds is 11. The Morgan fingerprint density at radius 2 is 1.70 bits per heavy atom. The van der Waals surface area contributed by atoms with Gasteiger partial charge in [0, 0.05) is 6.54 Å². The highest BCUT2D eigenvalue weighted by Crippen LogP contribution is 2.01. The fraction of sp³-hybridized carbons (Fsp3) is 0.800. The molecule has 0 aliphatic carbocycles. The molecule has 2 atom stereocenters. The second-order valence-corrected chi connectivity index (χ2v) is 5.99. The fourth-order valence-corrected chi connectivity index (χ4v) is 1.85. The summed E-state index contributed by atoms with van der Waals surface area (Å²) in [4.78, 5) is 34.7. The molecule has 0 saturated heterocycles. The summed E-state index contributed by atoms with van der Waals surface area (Å²) >= 11 is 0. The van der Waals surface area contributed by atoms with Crippen molar-refractivity contribution in [2.24, 2.45) is 11.7 Å². The van der Waals surface area contributed by atoms with E-state index in [0.717, 1.165) is 6.42 Å². The average molecular weight is 330 g/mol. The molecule has 0 bridgehead atoms. The lowest BCUT2D eigenvalue weighted by atomic mass is 10.1. The number of amides is 3. The molecule has 3 amide bonds. The van der Waals surface area contributed by atoms with Crippen molar-refractivity contribution in [3.63, 3.8) is 0 Å². The SMILES string of the molecule is CC(C)CCNC(=O)[C@@H](C)NC(=O)NC(CCCCN)C(=O)O. The maximum absolute atomic E-state index is 11.8. The third-order valence-electron chi connectivity index (χ3n) is 3.31. The summed E-state index contributed by atoms with van der Waals surface area (Å²) in [6, 6.07) is -2.39. The molecule has 6 N–H and O–H groups in total. The van der Waals surface area contributed by atoms with Gasteiger partial charge in [-0.15, -0.1) is 0 Å². The van der Waals surface area contributed by atoms with Crippen LogP contribution in [-0.2, 0) is 9.59 Å². The van der Waals surface area contributed by atoms with Crippen LogP contribution in [0.4, 0.5) is 4.79 Å². The second-order valence-electron chi connectivity index (χ2n) is 5.99. The molecule has 23 heavy (non-hydrogen) atoms. The number of carboxylic acid groups (broad SMARTS) is 1. The smallest absolute Gasteiger partial charge is 0.326 e. The topological polar surface area (TPSA) is 134 Å². The van der Waals surface area contributed by atoms with Crippen molar-refractivity contribution in [1.29, 1.82) is 0 Å². The van der Waals surface area contributed by atoms with Crippen LogP contribution < -0.4 is 21.7 Å². The zero-order valence-electron chi connectivity index (χ0n) is 14.2. The lowest BCUT2D eigenvalue weighted by molar-refractivity contribution is -0.139. The normalized spacial score (nSPS) is 13.3. The van der Waals surface area contributed by atoms with Crippen LogP contribution in [0, 0.1) is 5.92 Å². The van der Waals surface area contributed by atoms with E-state index < -0.39 is 24.1 Å². The number of unbranched alkanes of at least 4 members (excludes halogenated alkanes) is 1.